The number of ether oxygens (including phenoxy) is 1. The van der Waals surface area contributed by atoms with E-state index in [4.69, 9.17) is 10.5 Å². The molecule has 20 heavy (non-hydrogen) atoms. The van der Waals surface area contributed by atoms with Gasteiger partial charge in [0.15, 0.2) is 0 Å². The lowest BCUT2D eigenvalue weighted by Crippen LogP contribution is -2.39. The van der Waals surface area contributed by atoms with E-state index in [1.807, 2.05) is 13.8 Å². The molecule has 110 valence electrons. The first-order valence-corrected chi connectivity index (χ1v) is 6.39. The first kappa shape index (κ1) is 16.1. The van der Waals surface area contributed by atoms with Gasteiger partial charge in [0.25, 0.3) is 0 Å². The Bertz CT molecular complexity index is 457. The van der Waals surface area contributed by atoms with Gasteiger partial charge < -0.3 is 21.1 Å². The number of carbonyl (C=O) groups excluding carboxylic acids is 2. The maximum atomic E-state index is 11.8. The summed E-state index contributed by atoms with van der Waals surface area (Å²) in [5.41, 5.74) is 7.03. The SMILES string of the molecule is COCC(=O)Nc1ccc(NC(=O)[C@H](N)C(C)C)cc1. The maximum absolute atomic E-state index is 11.8. The van der Waals surface area contributed by atoms with E-state index in [1.54, 1.807) is 24.3 Å². The summed E-state index contributed by atoms with van der Waals surface area (Å²) in [6.07, 6.45) is 0. The molecule has 1 atom stereocenters. The number of benzene rings is 1. The summed E-state index contributed by atoms with van der Waals surface area (Å²) in [7, 11) is 1.45. The van der Waals surface area contributed by atoms with Gasteiger partial charge in [-0.15, -0.1) is 0 Å². The van der Waals surface area contributed by atoms with Gasteiger partial charge in [0, 0.05) is 18.5 Å². The monoisotopic (exact) mass is 279 g/mol. The number of hydrogen-bond donors (Lipinski definition) is 3. The molecule has 0 radical (unpaired) electrons. The number of anilines is 2. The third-order valence-corrected chi connectivity index (χ3v) is 2.73. The molecule has 1 rings (SSSR count). The normalized spacial score (nSPS) is 12.1. The number of methoxy groups -OCH3 is 1. The average Bonchev–Trinajstić information content (AvgIpc) is 2.40. The molecule has 1 aromatic carbocycles. The molecule has 0 aromatic heterocycles. The quantitative estimate of drug-likeness (QED) is 0.729. The largest absolute Gasteiger partial charge is 0.375 e. The second-order valence-corrected chi connectivity index (χ2v) is 4.82. The molecule has 0 fully saturated rings. The highest BCUT2D eigenvalue weighted by molar-refractivity contribution is 5.95. The van der Waals surface area contributed by atoms with Crippen LogP contribution >= 0.6 is 0 Å². The highest BCUT2D eigenvalue weighted by Gasteiger charge is 2.16. The van der Waals surface area contributed by atoms with Crippen molar-refractivity contribution in [1.29, 1.82) is 0 Å². The second kappa shape index (κ2) is 7.62. The molecule has 4 N–H and O–H groups in total. The molecule has 0 aliphatic rings. The lowest BCUT2D eigenvalue weighted by atomic mass is 10.0. The minimum atomic E-state index is -0.545. The van der Waals surface area contributed by atoms with Crippen molar-refractivity contribution in [3.8, 4) is 0 Å². The number of amides is 2. The van der Waals surface area contributed by atoms with E-state index in [0.717, 1.165) is 0 Å². The Morgan fingerprint density at radius 1 is 1.15 bits per heavy atom. The Balaban J connectivity index is 2.58. The van der Waals surface area contributed by atoms with Gasteiger partial charge in [-0.1, -0.05) is 13.8 Å². The van der Waals surface area contributed by atoms with Gasteiger partial charge in [-0.2, -0.15) is 0 Å². The fourth-order valence-corrected chi connectivity index (χ4v) is 1.49. The molecule has 0 saturated heterocycles. The van der Waals surface area contributed by atoms with Crippen LogP contribution in [0.2, 0.25) is 0 Å². The number of rotatable bonds is 6. The Hall–Kier alpha value is -1.92. The summed E-state index contributed by atoms with van der Waals surface area (Å²) < 4.78 is 4.72. The van der Waals surface area contributed by atoms with Gasteiger partial charge in [-0.05, 0) is 30.2 Å². The van der Waals surface area contributed by atoms with Crippen LogP contribution in [0.1, 0.15) is 13.8 Å². The number of carbonyl (C=O) groups is 2. The van der Waals surface area contributed by atoms with E-state index in [0.29, 0.717) is 11.4 Å². The second-order valence-electron chi connectivity index (χ2n) is 4.82. The first-order valence-electron chi connectivity index (χ1n) is 6.39. The van der Waals surface area contributed by atoms with Gasteiger partial charge in [-0.25, -0.2) is 0 Å². The predicted molar refractivity (Wildman–Crippen MR) is 78.4 cm³/mol. The smallest absolute Gasteiger partial charge is 0.250 e. The highest BCUT2D eigenvalue weighted by atomic mass is 16.5. The third-order valence-electron chi connectivity index (χ3n) is 2.73. The first-order chi connectivity index (χ1) is 9.43. The summed E-state index contributed by atoms with van der Waals surface area (Å²) in [4.78, 5) is 23.1. The predicted octanol–water partition coefficient (Wildman–Crippen LogP) is 1.19. The molecule has 0 bridgehead atoms. The van der Waals surface area contributed by atoms with E-state index in [9.17, 15) is 9.59 Å². The minimum absolute atomic E-state index is 0.00172. The Kier molecular flexibility index (Phi) is 6.14. The van der Waals surface area contributed by atoms with E-state index >= 15 is 0 Å². The van der Waals surface area contributed by atoms with Crippen molar-refractivity contribution in [3.63, 3.8) is 0 Å². The summed E-state index contributed by atoms with van der Waals surface area (Å²) >= 11 is 0. The van der Waals surface area contributed by atoms with E-state index < -0.39 is 6.04 Å². The molecule has 0 unspecified atom stereocenters. The van der Waals surface area contributed by atoms with Gasteiger partial charge in [0.1, 0.15) is 6.61 Å². The fourth-order valence-electron chi connectivity index (χ4n) is 1.49. The minimum Gasteiger partial charge on any atom is -0.375 e. The van der Waals surface area contributed by atoms with E-state index in [1.165, 1.54) is 7.11 Å². The van der Waals surface area contributed by atoms with Crippen molar-refractivity contribution in [2.45, 2.75) is 19.9 Å². The van der Waals surface area contributed by atoms with Crippen LogP contribution < -0.4 is 16.4 Å². The van der Waals surface area contributed by atoms with Crippen LogP contribution in [0.5, 0.6) is 0 Å². The summed E-state index contributed by atoms with van der Waals surface area (Å²) in [5, 5.41) is 5.39. The van der Waals surface area contributed by atoms with Crippen LogP contribution in [0.25, 0.3) is 0 Å². The van der Waals surface area contributed by atoms with Gasteiger partial charge in [0.05, 0.1) is 6.04 Å². The fraction of sp³-hybridized carbons (Fsp3) is 0.429. The summed E-state index contributed by atoms with van der Waals surface area (Å²) in [6.45, 7) is 3.78. The van der Waals surface area contributed by atoms with Gasteiger partial charge >= 0.3 is 0 Å². The highest BCUT2D eigenvalue weighted by Crippen LogP contribution is 2.14. The van der Waals surface area contributed by atoms with Crippen LogP contribution in [-0.2, 0) is 14.3 Å². The van der Waals surface area contributed by atoms with E-state index in [2.05, 4.69) is 10.6 Å². The molecule has 6 heteroatoms. The number of nitrogens with one attached hydrogen (secondary N) is 2. The molecule has 1 aromatic rings. The molecule has 0 spiro atoms. The zero-order valence-corrected chi connectivity index (χ0v) is 12.0. The molecule has 0 heterocycles. The van der Waals surface area contributed by atoms with Gasteiger partial charge in [0.2, 0.25) is 11.8 Å². The Morgan fingerprint density at radius 3 is 2.10 bits per heavy atom. The van der Waals surface area contributed by atoms with E-state index in [-0.39, 0.29) is 24.3 Å². The molecule has 0 saturated carbocycles. The maximum Gasteiger partial charge on any atom is 0.250 e. The van der Waals surface area contributed by atoms with Crippen LogP contribution in [0.4, 0.5) is 11.4 Å². The lowest BCUT2D eigenvalue weighted by Gasteiger charge is -2.15. The molecule has 0 aliphatic heterocycles. The van der Waals surface area contributed by atoms with Crippen LogP contribution in [0.3, 0.4) is 0 Å². The standard InChI is InChI=1S/C14H21N3O3/c1-9(2)13(15)14(19)17-11-6-4-10(5-7-11)16-12(18)8-20-3/h4-7,9,13H,8,15H2,1-3H3,(H,16,18)(H,17,19)/t13-/m1/s1. The number of hydrogen-bond acceptors (Lipinski definition) is 4. The lowest BCUT2D eigenvalue weighted by molar-refractivity contribution is -0.120. The van der Waals surface area contributed by atoms with Crippen LogP contribution in [0, 0.1) is 5.92 Å². The van der Waals surface area contributed by atoms with Crippen molar-refractivity contribution in [3.05, 3.63) is 24.3 Å². The molecule has 6 nitrogen and oxygen atoms in total. The molecular formula is C14H21N3O3. The van der Waals surface area contributed by atoms with Crippen LogP contribution in [0.15, 0.2) is 24.3 Å². The van der Waals surface area contributed by atoms with Crippen molar-refractivity contribution >= 4 is 23.2 Å². The van der Waals surface area contributed by atoms with Gasteiger partial charge in [-0.3, -0.25) is 9.59 Å². The Morgan fingerprint density at radius 2 is 1.65 bits per heavy atom. The Labute approximate surface area is 118 Å². The average molecular weight is 279 g/mol. The van der Waals surface area contributed by atoms with Crippen LogP contribution in [-0.4, -0.2) is 31.6 Å². The molecular weight excluding hydrogens is 258 g/mol. The van der Waals surface area contributed by atoms with Crippen molar-refractivity contribution < 1.29 is 14.3 Å². The van der Waals surface area contributed by atoms with Crippen molar-refractivity contribution in [1.82, 2.24) is 0 Å². The molecule has 0 aliphatic carbocycles. The zero-order valence-electron chi connectivity index (χ0n) is 12.0. The summed E-state index contributed by atoms with van der Waals surface area (Å²) in [6, 6.07) is 6.26. The third kappa shape index (κ3) is 4.99. The zero-order chi connectivity index (χ0) is 15.1. The van der Waals surface area contributed by atoms with Crippen molar-refractivity contribution in [2.75, 3.05) is 24.4 Å². The van der Waals surface area contributed by atoms with Crippen molar-refractivity contribution in [2.24, 2.45) is 11.7 Å². The number of nitrogens with two attached hydrogens (primary N) is 1. The molecule has 2 amide bonds. The topological polar surface area (TPSA) is 93.5 Å². The summed E-state index contributed by atoms with van der Waals surface area (Å²) in [5.74, 6) is -0.384.